The molecule has 1 unspecified atom stereocenters. The minimum atomic E-state index is -0.436. The molecule has 8 nitrogen and oxygen atoms in total. The summed E-state index contributed by atoms with van der Waals surface area (Å²) in [5.41, 5.74) is 1.49. The van der Waals surface area contributed by atoms with Gasteiger partial charge in [-0.15, -0.1) is 0 Å². The van der Waals surface area contributed by atoms with Crippen LogP contribution in [0.5, 0.6) is 0 Å². The first kappa shape index (κ1) is 23.7. The van der Waals surface area contributed by atoms with E-state index in [1.165, 1.54) is 0 Å². The quantitative estimate of drug-likeness (QED) is 0.607. The number of aromatic nitrogens is 2. The lowest BCUT2D eigenvalue weighted by atomic mass is 9.96. The number of aliphatic hydroxyl groups excluding tert-OH is 1. The number of carbonyl (C=O) groups is 1. The third kappa shape index (κ3) is 5.21. The van der Waals surface area contributed by atoms with Crippen molar-refractivity contribution < 1.29 is 9.90 Å². The van der Waals surface area contributed by atoms with Crippen molar-refractivity contribution in [2.75, 3.05) is 26.7 Å². The fraction of sp³-hybridized carbons (Fsp3) is 0.640. The maximum atomic E-state index is 13.2. The van der Waals surface area contributed by atoms with E-state index in [0.29, 0.717) is 43.8 Å². The highest BCUT2D eigenvalue weighted by Gasteiger charge is 2.42. The molecule has 178 valence electrons. The van der Waals surface area contributed by atoms with Crippen molar-refractivity contribution >= 4 is 16.8 Å². The van der Waals surface area contributed by atoms with Gasteiger partial charge in [-0.1, -0.05) is 18.2 Å². The van der Waals surface area contributed by atoms with Crippen LogP contribution in [0.25, 0.3) is 10.9 Å². The SMILES string of the molecule is CC(C)n1nc(C(=O)N[C@@H]2C[C@H]3CC[C@@H](C2)N3CC(O)CN(C)CCC#N)c2ccccc21. The number of rotatable bonds is 9. The molecule has 0 spiro atoms. The Hall–Kier alpha value is -2.47. The van der Waals surface area contributed by atoms with Crippen LogP contribution in [0.1, 0.15) is 62.5 Å². The van der Waals surface area contributed by atoms with Crippen molar-refractivity contribution in [1.82, 2.24) is 24.9 Å². The molecular formula is C25H36N6O2. The Kier molecular flexibility index (Phi) is 7.32. The van der Waals surface area contributed by atoms with Gasteiger partial charge >= 0.3 is 0 Å². The lowest BCUT2D eigenvalue weighted by Gasteiger charge is -2.40. The van der Waals surface area contributed by atoms with Crippen molar-refractivity contribution in [3.63, 3.8) is 0 Å². The van der Waals surface area contributed by atoms with E-state index in [-0.39, 0.29) is 18.0 Å². The maximum absolute atomic E-state index is 13.2. The van der Waals surface area contributed by atoms with Gasteiger partial charge in [0.1, 0.15) is 0 Å². The third-order valence-corrected chi connectivity index (χ3v) is 7.09. The van der Waals surface area contributed by atoms with Crippen molar-refractivity contribution in [3.8, 4) is 6.07 Å². The number of nitriles is 1. The number of piperidine rings is 1. The number of para-hydroxylation sites is 1. The number of amides is 1. The second kappa shape index (κ2) is 10.2. The van der Waals surface area contributed by atoms with E-state index in [1.54, 1.807) is 0 Å². The predicted octanol–water partition coefficient (Wildman–Crippen LogP) is 2.55. The summed E-state index contributed by atoms with van der Waals surface area (Å²) in [6, 6.07) is 11.2. The van der Waals surface area contributed by atoms with Crippen molar-refractivity contribution in [2.24, 2.45) is 0 Å². The number of carbonyl (C=O) groups excluding carboxylic acids is 1. The van der Waals surface area contributed by atoms with E-state index in [2.05, 4.69) is 35.2 Å². The molecule has 1 amide bonds. The molecule has 2 N–H and O–H groups in total. The van der Waals surface area contributed by atoms with Crippen LogP contribution in [0, 0.1) is 11.3 Å². The summed E-state index contributed by atoms with van der Waals surface area (Å²) < 4.78 is 1.92. The molecule has 0 aliphatic carbocycles. The summed E-state index contributed by atoms with van der Waals surface area (Å²) in [5.74, 6) is -0.0948. The van der Waals surface area contributed by atoms with Crippen LogP contribution >= 0.6 is 0 Å². The van der Waals surface area contributed by atoms with Gasteiger partial charge < -0.3 is 15.3 Å². The number of hydrogen-bond donors (Lipinski definition) is 2. The molecule has 0 saturated carbocycles. The summed E-state index contributed by atoms with van der Waals surface area (Å²) in [6.45, 7) is 6.05. The largest absolute Gasteiger partial charge is 0.390 e. The molecule has 4 rings (SSSR count). The van der Waals surface area contributed by atoms with Crippen LogP contribution in [-0.4, -0.2) is 81.5 Å². The second-order valence-corrected chi connectivity index (χ2v) is 9.95. The number of nitrogens with one attached hydrogen (secondary N) is 1. The fourth-order valence-electron chi connectivity index (χ4n) is 5.59. The predicted molar refractivity (Wildman–Crippen MR) is 128 cm³/mol. The minimum Gasteiger partial charge on any atom is -0.390 e. The molecule has 33 heavy (non-hydrogen) atoms. The maximum Gasteiger partial charge on any atom is 0.272 e. The molecule has 2 aromatic rings. The Morgan fingerprint density at radius 2 is 2.00 bits per heavy atom. The van der Waals surface area contributed by atoms with Crippen LogP contribution in [0.3, 0.4) is 0 Å². The Morgan fingerprint density at radius 3 is 2.67 bits per heavy atom. The van der Waals surface area contributed by atoms with E-state index < -0.39 is 6.10 Å². The number of hydrogen-bond acceptors (Lipinski definition) is 6. The van der Waals surface area contributed by atoms with Crippen LogP contribution < -0.4 is 5.32 Å². The summed E-state index contributed by atoms with van der Waals surface area (Å²) in [6.07, 6.45) is 4.07. The standard InChI is InChI=1S/C25H36N6O2/c1-17(2)31-23-8-5-4-7-22(23)24(28-31)25(33)27-18-13-19-9-10-20(14-18)30(19)16-21(32)15-29(3)12-6-11-26/h4-5,7-8,17-21,32H,6,9-10,12-16H2,1-3H3,(H,27,33)/t18-,19-,20+,21?. The molecule has 2 bridgehead atoms. The fourth-order valence-corrected chi connectivity index (χ4v) is 5.59. The van der Waals surface area contributed by atoms with Gasteiger partial charge in [-0.2, -0.15) is 10.4 Å². The summed E-state index contributed by atoms with van der Waals surface area (Å²) >= 11 is 0. The van der Waals surface area contributed by atoms with Gasteiger partial charge in [0, 0.05) is 55.6 Å². The average molecular weight is 453 g/mol. The van der Waals surface area contributed by atoms with Gasteiger partial charge in [0.2, 0.25) is 0 Å². The molecule has 1 aromatic heterocycles. The lowest BCUT2D eigenvalue weighted by molar-refractivity contribution is 0.0370. The smallest absolute Gasteiger partial charge is 0.272 e. The molecule has 0 radical (unpaired) electrons. The summed E-state index contributed by atoms with van der Waals surface area (Å²) in [5, 5.41) is 28.1. The molecule has 2 fully saturated rings. The van der Waals surface area contributed by atoms with Crippen LogP contribution in [0.15, 0.2) is 24.3 Å². The molecular weight excluding hydrogens is 416 g/mol. The monoisotopic (exact) mass is 452 g/mol. The number of fused-ring (bicyclic) bond motifs is 3. The Bertz CT molecular complexity index is 998. The van der Waals surface area contributed by atoms with Gasteiger partial charge in [0.25, 0.3) is 5.91 Å². The zero-order valence-electron chi connectivity index (χ0n) is 19.9. The van der Waals surface area contributed by atoms with Gasteiger partial charge in [0.05, 0.1) is 17.7 Å². The Morgan fingerprint density at radius 1 is 1.30 bits per heavy atom. The molecule has 1 aromatic carbocycles. The first-order valence-electron chi connectivity index (χ1n) is 12.1. The highest BCUT2D eigenvalue weighted by atomic mass is 16.3. The highest BCUT2D eigenvalue weighted by molar-refractivity contribution is 6.05. The van der Waals surface area contributed by atoms with Crippen molar-refractivity contribution in [2.45, 2.75) is 76.2 Å². The van der Waals surface area contributed by atoms with Crippen molar-refractivity contribution in [1.29, 1.82) is 5.26 Å². The lowest BCUT2D eigenvalue weighted by Crippen LogP contribution is -2.53. The normalized spacial score (nSPS) is 23.8. The van der Waals surface area contributed by atoms with E-state index in [9.17, 15) is 9.90 Å². The highest BCUT2D eigenvalue weighted by Crippen LogP contribution is 2.36. The zero-order valence-corrected chi connectivity index (χ0v) is 19.9. The minimum absolute atomic E-state index is 0.0948. The molecule has 4 atom stereocenters. The van der Waals surface area contributed by atoms with Crippen LogP contribution in [0.2, 0.25) is 0 Å². The molecule has 2 saturated heterocycles. The summed E-state index contributed by atoms with van der Waals surface area (Å²) in [7, 11) is 1.95. The average Bonchev–Trinajstić information content (AvgIpc) is 3.27. The van der Waals surface area contributed by atoms with E-state index in [0.717, 1.165) is 36.6 Å². The van der Waals surface area contributed by atoms with Crippen molar-refractivity contribution in [3.05, 3.63) is 30.0 Å². The van der Waals surface area contributed by atoms with E-state index in [4.69, 9.17) is 5.26 Å². The van der Waals surface area contributed by atoms with Gasteiger partial charge in [-0.3, -0.25) is 14.4 Å². The summed E-state index contributed by atoms with van der Waals surface area (Å²) in [4.78, 5) is 17.7. The van der Waals surface area contributed by atoms with Crippen LogP contribution in [-0.2, 0) is 0 Å². The first-order chi connectivity index (χ1) is 15.9. The molecule has 2 aliphatic rings. The van der Waals surface area contributed by atoms with Gasteiger partial charge in [0.15, 0.2) is 5.69 Å². The number of aliphatic hydroxyl groups is 1. The molecule has 8 heteroatoms. The van der Waals surface area contributed by atoms with E-state index in [1.807, 2.05) is 40.9 Å². The Balaban J connectivity index is 1.37. The number of benzene rings is 1. The van der Waals surface area contributed by atoms with Crippen LogP contribution in [0.4, 0.5) is 0 Å². The third-order valence-electron chi connectivity index (χ3n) is 7.09. The molecule has 3 heterocycles. The van der Waals surface area contributed by atoms with E-state index >= 15 is 0 Å². The topological polar surface area (TPSA) is 97.4 Å². The zero-order chi connectivity index (χ0) is 23.5. The Labute approximate surface area is 196 Å². The molecule has 2 aliphatic heterocycles. The first-order valence-corrected chi connectivity index (χ1v) is 12.1. The van der Waals surface area contributed by atoms with Gasteiger partial charge in [-0.25, -0.2) is 0 Å². The second-order valence-electron chi connectivity index (χ2n) is 9.95. The number of likely N-dealkylation sites (N-methyl/N-ethyl adjacent to an activating group) is 1. The number of nitrogens with zero attached hydrogens (tertiary/aromatic N) is 5. The van der Waals surface area contributed by atoms with Gasteiger partial charge in [-0.05, 0) is 52.6 Å².